The number of rotatable bonds is 7. The Bertz CT molecular complexity index is 1150. The fraction of sp³-hybridized carbons (Fsp3) is 0.304. The van der Waals surface area contributed by atoms with E-state index in [0.29, 0.717) is 47.8 Å². The molecule has 2 aromatic carbocycles. The minimum atomic E-state index is -0.604. The molecule has 3 aromatic rings. The van der Waals surface area contributed by atoms with Gasteiger partial charge >= 0.3 is 0 Å². The van der Waals surface area contributed by atoms with Crippen LogP contribution in [0.1, 0.15) is 34.6 Å². The zero-order valence-electron chi connectivity index (χ0n) is 17.1. The molecular weight excluding hydrogens is 386 g/mol. The van der Waals surface area contributed by atoms with Crippen LogP contribution in [-0.4, -0.2) is 44.8 Å². The first-order chi connectivity index (χ1) is 14.6. The Balaban J connectivity index is 1.92. The van der Waals surface area contributed by atoms with Gasteiger partial charge in [-0.25, -0.2) is 0 Å². The van der Waals surface area contributed by atoms with Gasteiger partial charge in [-0.05, 0) is 36.8 Å². The van der Waals surface area contributed by atoms with E-state index >= 15 is 0 Å². The summed E-state index contributed by atoms with van der Waals surface area (Å²) in [6.07, 6.45) is 0. The number of benzene rings is 2. The molecule has 30 heavy (non-hydrogen) atoms. The summed E-state index contributed by atoms with van der Waals surface area (Å²) in [6.45, 7) is 3.03. The second kappa shape index (κ2) is 8.20. The van der Waals surface area contributed by atoms with E-state index in [1.807, 2.05) is 13.0 Å². The molecule has 1 amide bonds. The SMILES string of the molecule is CCOc1ccc([C@H]2c3c(oc4ccccc4c3=O)C(=O)N2CCOC)cc1OC. The van der Waals surface area contributed by atoms with Crippen molar-refractivity contribution in [1.29, 1.82) is 0 Å². The number of para-hydroxylation sites is 1. The third-order valence-electron chi connectivity index (χ3n) is 5.21. The molecule has 7 nitrogen and oxygen atoms in total. The molecule has 7 heteroatoms. The van der Waals surface area contributed by atoms with Crippen LogP contribution in [0.2, 0.25) is 0 Å². The lowest BCUT2D eigenvalue weighted by atomic mass is 9.98. The monoisotopic (exact) mass is 409 g/mol. The molecule has 0 spiro atoms. The summed E-state index contributed by atoms with van der Waals surface area (Å²) in [6, 6.07) is 11.8. The van der Waals surface area contributed by atoms with Gasteiger partial charge in [0.15, 0.2) is 16.9 Å². The Hall–Kier alpha value is -3.32. The van der Waals surface area contributed by atoms with Crippen LogP contribution < -0.4 is 14.9 Å². The maximum Gasteiger partial charge on any atom is 0.290 e. The van der Waals surface area contributed by atoms with Crippen molar-refractivity contribution in [2.75, 3.05) is 34.0 Å². The lowest BCUT2D eigenvalue weighted by Crippen LogP contribution is -2.32. The second-order valence-electron chi connectivity index (χ2n) is 6.91. The van der Waals surface area contributed by atoms with Gasteiger partial charge in [0.25, 0.3) is 5.91 Å². The maximum absolute atomic E-state index is 13.4. The molecule has 0 N–H and O–H groups in total. The van der Waals surface area contributed by atoms with Crippen molar-refractivity contribution in [3.05, 3.63) is 69.6 Å². The minimum absolute atomic E-state index is 0.0765. The Labute approximate surface area is 173 Å². The number of ether oxygens (including phenoxy) is 3. The number of methoxy groups -OCH3 is 2. The Morgan fingerprint density at radius 1 is 1.07 bits per heavy atom. The molecule has 0 bridgehead atoms. The summed E-state index contributed by atoms with van der Waals surface area (Å²) in [4.78, 5) is 28.2. The molecule has 1 aromatic heterocycles. The van der Waals surface area contributed by atoms with Crippen molar-refractivity contribution in [3.63, 3.8) is 0 Å². The Kier molecular flexibility index (Phi) is 5.46. The molecule has 0 saturated carbocycles. The van der Waals surface area contributed by atoms with Crippen LogP contribution in [0.4, 0.5) is 0 Å². The zero-order chi connectivity index (χ0) is 21.3. The van der Waals surface area contributed by atoms with Crippen LogP contribution in [0.5, 0.6) is 11.5 Å². The normalized spacial score (nSPS) is 15.5. The molecule has 0 radical (unpaired) electrons. The van der Waals surface area contributed by atoms with Crippen molar-refractivity contribution >= 4 is 16.9 Å². The van der Waals surface area contributed by atoms with Crippen LogP contribution in [0.15, 0.2) is 51.7 Å². The van der Waals surface area contributed by atoms with Crippen LogP contribution in [0, 0.1) is 0 Å². The molecule has 1 aliphatic heterocycles. The van der Waals surface area contributed by atoms with Gasteiger partial charge in [0.05, 0.1) is 37.3 Å². The van der Waals surface area contributed by atoms with Gasteiger partial charge in [-0.1, -0.05) is 18.2 Å². The number of hydrogen-bond donors (Lipinski definition) is 0. The van der Waals surface area contributed by atoms with Crippen molar-refractivity contribution in [1.82, 2.24) is 4.90 Å². The standard InChI is InChI=1S/C23H23NO6/c1-4-29-17-10-9-14(13-18(17)28-3)20-19-21(25)15-7-5-6-8-16(15)30-22(19)23(26)24(20)11-12-27-2/h5-10,13,20H,4,11-12H2,1-3H3/t20-/m0/s1. The van der Waals surface area contributed by atoms with Gasteiger partial charge in [0.1, 0.15) is 5.58 Å². The van der Waals surface area contributed by atoms with E-state index < -0.39 is 6.04 Å². The summed E-state index contributed by atoms with van der Waals surface area (Å²) < 4.78 is 22.2. The van der Waals surface area contributed by atoms with Crippen molar-refractivity contribution < 1.29 is 23.4 Å². The van der Waals surface area contributed by atoms with Gasteiger partial charge in [0, 0.05) is 13.7 Å². The van der Waals surface area contributed by atoms with Crippen LogP contribution >= 0.6 is 0 Å². The largest absolute Gasteiger partial charge is 0.493 e. The molecule has 0 unspecified atom stereocenters. The smallest absolute Gasteiger partial charge is 0.290 e. The average molecular weight is 409 g/mol. The zero-order valence-corrected chi connectivity index (χ0v) is 17.1. The molecule has 0 aliphatic carbocycles. The molecule has 4 rings (SSSR count). The lowest BCUT2D eigenvalue weighted by molar-refractivity contribution is 0.0663. The predicted octanol–water partition coefficient (Wildman–Crippen LogP) is 3.39. The molecular formula is C23H23NO6. The van der Waals surface area contributed by atoms with Gasteiger partial charge < -0.3 is 23.5 Å². The number of nitrogens with zero attached hydrogens (tertiary/aromatic N) is 1. The maximum atomic E-state index is 13.4. The fourth-order valence-electron chi connectivity index (χ4n) is 3.86. The number of carbonyl (C=O) groups is 1. The number of fused-ring (bicyclic) bond motifs is 2. The summed E-state index contributed by atoms with van der Waals surface area (Å²) in [7, 11) is 3.13. The van der Waals surface area contributed by atoms with Crippen molar-refractivity contribution in [3.8, 4) is 11.5 Å². The van der Waals surface area contributed by atoms with Crippen molar-refractivity contribution in [2.24, 2.45) is 0 Å². The highest BCUT2D eigenvalue weighted by Gasteiger charge is 2.42. The van der Waals surface area contributed by atoms with E-state index in [2.05, 4.69) is 0 Å². The van der Waals surface area contributed by atoms with E-state index in [4.69, 9.17) is 18.6 Å². The average Bonchev–Trinajstić information content (AvgIpc) is 3.05. The lowest BCUT2D eigenvalue weighted by Gasteiger charge is -2.25. The minimum Gasteiger partial charge on any atom is -0.493 e. The van der Waals surface area contributed by atoms with Gasteiger partial charge in [-0.3, -0.25) is 9.59 Å². The van der Waals surface area contributed by atoms with Gasteiger partial charge in [0.2, 0.25) is 5.76 Å². The highest BCUT2D eigenvalue weighted by molar-refractivity contribution is 5.99. The van der Waals surface area contributed by atoms with E-state index in [9.17, 15) is 9.59 Å². The quantitative estimate of drug-likeness (QED) is 0.595. The van der Waals surface area contributed by atoms with E-state index in [1.54, 1.807) is 55.5 Å². The molecule has 1 atom stereocenters. The summed E-state index contributed by atoms with van der Waals surface area (Å²) in [5.74, 6) is 0.879. The highest BCUT2D eigenvalue weighted by atomic mass is 16.5. The molecule has 0 fully saturated rings. The van der Waals surface area contributed by atoms with E-state index in [1.165, 1.54) is 0 Å². The topological polar surface area (TPSA) is 78.2 Å². The third-order valence-corrected chi connectivity index (χ3v) is 5.21. The van der Waals surface area contributed by atoms with Crippen LogP contribution in [0.25, 0.3) is 11.0 Å². The summed E-state index contributed by atoms with van der Waals surface area (Å²) in [5.41, 5.74) is 1.26. The first-order valence-electron chi connectivity index (χ1n) is 9.77. The van der Waals surface area contributed by atoms with E-state index in [-0.39, 0.29) is 17.1 Å². The van der Waals surface area contributed by atoms with Crippen LogP contribution in [-0.2, 0) is 4.74 Å². The summed E-state index contributed by atoms with van der Waals surface area (Å²) in [5, 5.41) is 0.445. The second-order valence-corrected chi connectivity index (χ2v) is 6.91. The van der Waals surface area contributed by atoms with Crippen LogP contribution in [0.3, 0.4) is 0 Å². The van der Waals surface area contributed by atoms with Crippen molar-refractivity contribution in [2.45, 2.75) is 13.0 Å². The number of carbonyl (C=O) groups excluding carboxylic acids is 1. The molecule has 156 valence electrons. The van der Waals surface area contributed by atoms with Gasteiger partial charge in [-0.2, -0.15) is 0 Å². The molecule has 2 heterocycles. The Morgan fingerprint density at radius 3 is 2.60 bits per heavy atom. The van der Waals surface area contributed by atoms with E-state index in [0.717, 1.165) is 5.56 Å². The first-order valence-corrected chi connectivity index (χ1v) is 9.77. The molecule has 1 aliphatic rings. The Morgan fingerprint density at radius 2 is 1.87 bits per heavy atom. The van der Waals surface area contributed by atoms with Gasteiger partial charge in [-0.15, -0.1) is 0 Å². The number of hydrogen-bond acceptors (Lipinski definition) is 6. The molecule has 0 saturated heterocycles. The first kappa shape index (κ1) is 20.0. The fourth-order valence-corrected chi connectivity index (χ4v) is 3.86. The summed E-state index contributed by atoms with van der Waals surface area (Å²) >= 11 is 0. The number of amides is 1. The highest BCUT2D eigenvalue weighted by Crippen LogP contribution is 2.40. The third kappa shape index (κ3) is 3.21. The predicted molar refractivity (Wildman–Crippen MR) is 111 cm³/mol.